The summed E-state index contributed by atoms with van der Waals surface area (Å²) in [4.78, 5) is 4.10. The van der Waals surface area contributed by atoms with Crippen LogP contribution in [0.25, 0.3) is 10.8 Å². The Labute approximate surface area is 120 Å². The Balaban J connectivity index is 2.11. The molecule has 0 spiro atoms. The average molecular weight is 273 g/mol. The number of nitrogen functional groups attached to an aromatic ring is 1. The molecule has 0 bridgehead atoms. The molecular formula is C16H23N3O. The highest BCUT2D eigenvalue weighted by Gasteiger charge is 2.09. The van der Waals surface area contributed by atoms with Gasteiger partial charge in [0.05, 0.1) is 11.4 Å². The summed E-state index contributed by atoms with van der Waals surface area (Å²) in [5.41, 5.74) is 7.94. The number of benzene rings is 1. The fourth-order valence-corrected chi connectivity index (χ4v) is 2.54. The second-order valence-corrected chi connectivity index (χ2v) is 5.17. The van der Waals surface area contributed by atoms with Crippen molar-refractivity contribution in [2.75, 3.05) is 24.2 Å². The van der Waals surface area contributed by atoms with Crippen LogP contribution in [-0.4, -0.2) is 23.2 Å². The van der Waals surface area contributed by atoms with E-state index in [0.29, 0.717) is 5.92 Å². The summed E-state index contributed by atoms with van der Waals surface area (Å²) >= 11 is 0. The maximum atomic E-state index is 9.10. The summed E-state index contributed by atoms with van der Waals surface area (Å²) in [6, 6.07) is 5.97. The first-order valence-corrected chi connectivity index (χ1v) is 7.23. The quantitative estimate of drug-likeness (QED) is 0.678. The Bertz CT molecular complexity index is 550. The van der Waals surface area contributed by atoms with E-state index in [0.717, 1.165) is 48.0 Å². The Morgan fingerprint density at radius 3 is 2.90 bits per heavy atom. The molecule has 1 aromatic heterocycles. The van der Waals surface area contributed by atoms with Gasteiger partial charge in [-0.15, -0.1) is 0 Å². The monoisotopic (exact) mass is 273 g/mol. The summed E-state index contributed by atoms with van der Waals surface area (Å²) in [5, 5.41) is 14.6. The van der Waals surface area contributed by atoms with Gasteiger partial charge in [-0.05, 0) is 30.9 Å². The largest absolute Gasteiger partial charge is 0.397 e. The first kappa shape index (κ1) is 14.6. The standard InChI is InChI=1S/C16H23N3O/c1-2-3-12(7-9-20)10-19-15-5-4-13-11-18-8-6-14(13)16(15)17/h4-6,8,11-12,19-20H,2-3,7,9-10,17H2,1H3. The number of hydrogen-bond donors (Lipinski definition) is 3. The third-order valence-corrected chi connectivity index (χ3v) is 3.68. The summed E-state index contributed by atoms with van der Waals surface area (Å²) < 4.78 is 0. The number of nitrogens with two attached hydrogens (primary N) is 1. The normalized spacial score (nSPS) is 12.5. The van der Waals surface area contributed by atoms with E-state index in [-0.39, 0.29) is 6.61 Å². The molecular weight excluding hydrogens is 250 g/mol. The maximum absolute atomic E-state index is 9.10. The number of fused-ring (bicyclic) bond motifs is 1. The second kappa shape index (κ2) is 7.10. The van der Waals surface area contributed by atoms with Gasteiger partial charge in [-0.2, -0.15) is 0 Å². The van der Waals surface area contributed by atoms with Gasteiger partial charge in [-0.25, -0.2) is 0 Å². The van der Waals surface area contributed by atoms with Crippen LogP contribution in [0.15, 0.2) is 30.6 Å². The number of nitrogens with zero attached hydrogens (tertiary/aromatic N) is 1. The average Bonchev–Trinajstić information content (AvgIpc) is 2.47. The Kier molecular flexibility index (Phi) is 5.18. The molecule has 4 heteroatoms. The van der Waals surface area contributed by atoms with Gasteiger partial charge in [0, 0.05) is 36.3 Å². The molecule has 0 saturated heterocycles. The molecule has 1 aromatic carbocycles. The lowest BCUT2D eigenvalue weighted by Crippen LogP contribution is -2.16. The number of nitrogens with one attached hydrogen (secondary N) is 1. The van der Waals surface area contributed by atoms with E-state index in [1.807, 2.05) is 24.4 Å². The molecule has 4 N–H and O–H groups in total. The first-order valence-electron chi connectivity index (χ1n) is 7.23. The summed E-state index contributed by atoms with van der Waals surface area (Å²) in [6.07, 6.45) is 6.66. The molecule has 0 amide bonds. The zero-order valence-electron chi connectivity index (χ0n) is 12.0. The number of hydrogen-bond acceptors (Lipinski definition) is 4. The fraction of sp³-hybridized carbons (Fsp3) is 0.438. The van der Waals surface area contributed by atoms with Crippen LogP contribution in [-0.2, 0) is 0 Å². The van der Waals surface area contributed by atoms with Gasteiger partial charge in [-0.3, -0.25) is 4.98 Å². The third kappa shape index (κ3) is 3.39. The van der Waals surface area contributed by atoms with Crippen molar-refractivity contribution in [3.63, 3.8) is 0 Å². The number of rotatable bonds is 7. The zero-order chi connectivity index (χ0) is 14.4. The Morgan fingerprint density at radius 2 is 2.15 bits per heavy atom. The Morgan fingerprint density at radius 1 is 1.30 bits per heavy atom. The molecule has 0 radical (unpaired) electrons. The summed E-state index contributed by atoms with van der Waals surface area (Å²) in [6.45, 7) is 3.25. The highest BCUT2D eigenvalue weighted by Crippen LogP contribution is 2.28. The maximum Gasteiger partial charge on any atom is 0.0630 e. The molecule has 0 saturated carbocycles. The van der Waals surface area contributed by atoms with Crippen LogP contribution >= 0.6 is 0 Å². The van der Waals surface area contributed by atoms with Gasteiger partial charge < -0.3 is 16.2 Å². The second-order valence-electron chi connectivity index (χ2n) is 5.17. The SMILES string of the molecule is CCCC(CCO)CNc1ccc2cnccc2c1N. The van der Waals surface area contributed by atoms with Crippen molar-refractivity contribution in [2.45, 2.75) is 26.2 Å². The van der Waals surface area contributed by atoms with Crippen LogP contribution in [0, 0.1) is 5.92 Å². The Hall–Kier alpha value is -1.81. The van der Waals surface area contributed by atoms with Crippen molar-refractivity contribution in [1.82, 2.24) is 4.98 Å². The topological polar surface area (TPSA) is 71.2 Å². The van der Waals surface area contributed by atoms with Crippen molar-refractivity contribution >= 4 is 22.1 Å². The van der Waals surface area contributed by atoms with Gasteiger partial charge >= 0.3 is 0 Å². The minimum atomic E-state index is 0.241. The van der Waals surface area contributed by atoms with E-state index in [1.54, 1.807) is 6.20 Å². The van der Waals surface area contributed by atoms with E-state index in [9.17, 15) is 0 Å². The molecule has 108 valence electrons. The predicted molar refractivity (Wildman–Crippen MR) is 84.7 cm³/mol. The number of aromatic nitrogens is 1. The lowest BCUT2D eigenvalue weighted by atomic mass is 10.00. The first-order chi connectivity index (χ1) is 9.76. The third-order valence-electron chi connectivity index (χ3n) is 3.68. The molecule has 2 aromatic rings. The number of anilines is 2. The van der Waals surface area contributed by atoms with E-state index < -0.39 is 0 Å². The molecule has 20 heavy (non-hydrogen) atoms. The lowest BCUT2D eigenvalue weighted by molar-refractivity contribution is 0.255. The van der Waals surface area contributed by atoms with E-state index >= 15 is 0 Å². The van der Waals surface area contributed by atoms with E-state index in [4.69, 9.17) is 10.8 Å². The van der Waals surface area contributed by atoms with Gasteiger partial charge in [0.15, 0.2) is 0 Å². The van der Waals surface area contributed by atoms with Gasteiger partial charge in [0.25, 0.3) is 0 Å². The minimum Gasteiger partial charge on any atom is -0.397 e. The minimum absolute atomic E-state index is 0.241. The summed E-state index contributed by atoms with van der Waals surface area (Å²) in [5.74, 6) is 0.484. The van der Waals surface area contributed by atoms with Crippen LogP contribution in [0.2, 0.25) is 0 Å². The predicted octanol–water partition coefficient (Wildman–Crippen LogP) is 3.03. The number of aliphatic hydroxyl groups excluding tert-OH is 1. The number of pyridine rings is 1. The van der Waals surface area contributed by atoms with Crippen LogP contribution in [0.3, 0.4) is 0 Å². The van der Waals surface area contributed by atoms with Crippen molar-refractivity contribution < 1.29 is 5.11 Å². The van der Waals surface area contributed by atoms with Crippen LogP contribution in [0.5, 0.6) is 0 Å². The van der Waals surface area contributed by atoms with Gasteiger partial charge in [0.2, 0.25) is 0 Å². The number of aliphatic hydroxyl groups is 1. The van der Waals surface area contributed by atoms with Crippen LogP contribution in [0.4, 0.5) is 11.4 Å². The smallest absolute Gasteiger partial charge is 0.0630 e. The molecule has 1 unspecified atom stereocenters. The fourth-order valence-electron chi connectivity index (χ4n) is 2.54. The van der Waals surface area contributed by atoms with E-state index in [1.165, 1.54) is 0 Å². The van der Waals surface area contributed by atoms with Crippen molar-refractivity contribution in [2.24, 2.45) is 5.92 Å². The summed E-state index contributed by atoms with van der Waals surface area (Å²) in [7, 11) is 0. The molecule has 1 heterocycles. The lowest BCUT2D eigenvalue weighted by Gasteiger charge is -2.18. The van der Waals surface area contributed by atoms with Crippen LogP contribution < -0.4 is 11.1 Å². The molecule has 0 aliphatic carbocycles. The molecule has 0 fully saturated rings. The zero-order valence-corrected chi connectivity index (χ0v) is 12.0. The molecule has 4 nitrogen and oxygen atoms in total. The molecule has 1 atom stereocenters. The van der Waals surface area contributed by atoms with Crippen molar-refractivity contribution in [1.29, 1.82) is 0 Å². The van der Waals surface area contributed by atoms with E-state index in [2.05, 4.69) is 17.2 Å². The van der Waals surface area contributed by atoms with Crippen molar-refractivity contribution in [3.8, 4) is 0 Å². The highest BCUT2D eigenvalue weighted by atomic mass is 16.3. The van der Waals surface area contributed by atoms with Gasteiger partial charge in [-0.1, -0.05) is 19.4 Å². The molecule has 0 aliphatic heterocycles. The molecule has 2 rings (SSSR count). The highest BCUT2D eigenvalue weighted by molar-refractivity contribution is 5.98. The molecule has 0 aliphatic rings. The van der Waals surface area contributed by atoms with Crippen molar-refractivity contribution in [3.05, 3.63) is 30.6 Å². The van der Waals surface area contributed by atoms with Crippen LogP contribution in [0.1, 0.15) is 26.2 Å². The van der Waals surface area contributed by atoms with Gasteiger partial charge in [0.1, 0.15) is 0 Å².